The Hall–Kier alpha value is -1.36. The highest BCUT2D eigenvalue weighted by Gasteiger charge is 2.20. The van der Waals surface area contributed by atoms with Gasteiger partial charge < -0.3 is 14.6 Å². The van der Waals surface area contributed by atoms with E-state index in [0.717, 1.165) is 0 Å². The Morgan fingerprint density at radius 2 is 1.50 bits per heavy atom. The van der Waals surface area contributed by atoms with E-state index >= 15 is 0 Å². The zero-order chi connectivity index (χ0) is 12.3. The molecule has 0 aliphatic carbocycles. The van der Waals surface area contributed by atoms with Crippen molar-refractivity contribution in [2.45, 2.75) is 19.5 Å². The Labute approximate surface area is 92.6 Å². The van der Waals surface area contributed by atoms with Gasteiger partial charge in [-0.15, -0.1) is 0 Å². The molecule has 1 N–H and O–H groups in total. The molecule has 0 spiro atoms. The zero-order valence-electron chi connectivity index (χ0n) is 9.33. The molecule has 0 amide bonds. The highest BCUT2D eigenvalue weighted by molar-refractivity contribution is 5.48. The molecule has 1 aromatic carbocycles. The van der Waals surface area contributed by atoms with Gasteiger partial charge in [-0.05, 0) is 24.6 Å². The molecule has 0 saturated heterocycles. The minimum atomic E-state index is -2.66. The van der Waals surface area contributed by atoms with Gasteiger partial charge >= 0.3 is 0 Å². The van der Waals surface area contributed by atoms with Crippen molar-refractivity contribution in [3.8, 4) is 11.5 Å². The van der Waals surface area contributed by atoms with Gasteiger partial charge in [-0.3, -0.25) is 0 Å². The predicted molar refractivity (Wildman–Crippen MR) is 55.1 cm³/mol. The van der Waals surface area contributed by atoms with Crippen molar-refractivity contribution in [3.63, 3.8) is 0 Å². The number of ether oxygens (including phenoxy) is 2. The van der Waals surface area contributed by atoms with Gasteiger partial charge in [-0.2, -0.15) is 0 Å². The average Bonchev–Trinajstić information content (AvgIpc) is 2.26. The molecule has 0 saturated carbocycles. The number of methoxy groups -OCH3 is 2. The fourth-order valence-corrected chi connectivity index (χ4v) is 1.46. The lowest BCUT2D eigenvalue weighted by Gasteiger charge is -2.16. The van der Waals surface area contributed by atoms with E-state index in [0.29, 0.717) is 5.75 Å². The quantitative estimate of drug-likeness (QED) is 0.867. The topological polar surface area (TPSA) is 38.7 Å². The summed E-state index contributed by atoms with van der Waals surface area (Å²) in [5.74, 6) is 0.546. The van der Waals surface area contributed by atoms with E-state index < -0.39 is 12.5 Å². The molecule has 1 aromatic rings. The van der Waals surface area contributed by atoms with Crippen molar-refractivity contribution in [2.75, 3.05) is 14.2 Å². The molecule has 0 aromatic heterocycles. The fraction of sp³-hybridized carbons (Fsp3) is 0.455. The number of halogens is 2. The Balaban J connectivity index is 3.35. The van der Waals surface area contributed by atoms with E-state index in [1.807, 2.05) is 0 Å². The molecule has 3 nitrogen and oxygen atoms in total. The van der Waals surface area contributed by atoms with E-state index in [-0.39, 0.29) is 16.9 Å². The SMILES string of the molecule is COc1cc(C(C)O)c(C(F)F)cc1OC. The molecule has 0 heterocycles. The monoisotopic (exact) mass is 232 g/mol. The molecule has 5 heteroatoms. The molecule has 90 valence electrons. The van der Waals surface area contributed by atoms with Crippen LogP contribution >= 0.6 is 0 Å². The van der Waals surface area contributed by atoms with Crippen LogP contribution in [0.15, 0.2) is 12.1 Å². The summed E-state index contributed by atoms with van der Waals surface area (Å²) in [5.41, 5.74) is -0.0969. The molecule has 0 fully saturated rings. The third-order valence-electron chi connectivity index (χ3n) is 2.27. The second-order valence-electron chi connectivity index (χ2n) is 3.31. The summed E-state index contributed by atoms with van der Waals surface area (Å²) in [7, 11) is 2.78. The summed E-state index contributed by atoms with van der Waals surface area (Å²) in [4.78, 5) is 0. The van der Waals surface area contributed by atoms with Crippen LogP contribution in [-0.4, -0.2) is 19.3 Å². The summed E-state index contributed by atoms with van der Waals surface area (Å²) in [6, 6.07) is 2.55. The van der Waals surface area contributed by atoms with Crippen LogP contribution in [0, 0.1) is 0 Å². The van der Waals surface area contributed by atoms with Crippen LogP contribution in [0.25, 0.3) is 0 Å². The number of aliphatic hydroxyl groups excluding tert-OH is 1. The van der Waals surface area contributed by atoms with E-state index in [1.165, 1.54) is 33.3 Å². The summed E-state index contributed by atoms with van der Waals surface area (Å²) >= 11 is 0. The molecule has 0 aliphatic heterocycles. The zero-order valence-corrected chi connectivity index (χ0v) is 9.33. The number of rotatable bonds is 4. The van der Waals surface area contributed by atoms with Gasteiger partial charge in [-0.25, -0.2) is 8.78 Å². The lowest BCUT2D eigenvalue weighted by molar-refractivity contribution is 0.139. The van der Waals surface area contributed by atoms with Crippen LogP contribution in [0.4, 0.5) is 8.78 Å². The number of hydrogen-bond acceptors (Lipinski definition) is 3. The van der Waals surface area contributed by atoms with Crippen LogP contribution in [0.3, 0.4) is 0 Å². The van der Waals surface area contributed by atoms with Crippen LogP contribution in [0.1, 0.15) is 30.6 Å². The second kappa shape index (κ2) is 5.12. The van der Waals surface area contributed by atoms with E-state index in [9.17, 15) is 13.9 Å². The molecule has 1 unspecified atom stereocenters. The predicted octanol–water partition coefficient (Wildman–Crippen LogP) is 2.69. The molecule has 0 radical (unpaired) electrons. The van der Waals surface area contributed by atoms with E-state index in [4.69, 9.17) is 9.47 Å². The van der Waals surface area contributed by atoms with Gasteiger partial charge in [-0.1, -0.05) is 0 Å². The molecule has 1 rings (SSSR count). The van der Waals surface area contributed by atoms with Crippen LogP contribution in [0.2, 0.25) is 0 Å². The first kappa shape index (κ1) is 12.7. The first-order chi connectivity index (χ1) is 7.51. The third kappa shape index (κ3) is 2.41. The molecule has 16 heavy (non-hydrogen) atoms. The van der Waals surface area contributed by atoms with E-state index in [1.54, 1.807) is 0 Å². The maximum atomic E-state index is 12.7. The first-order valence-electron chi connectivity index (χ1n) is 4.73. The molecule has 1 atom stereocenters. The average molecular weight is 232 g/mol. The maximum Gasteiger partial charge on any atom is 0.264 e. The molecule has 0 bridgehead atoms. The van der Waals surface area contributed by atoms with E-state index in [2.05, 4.69) is 0 Å². The van der Waals surface area contributed by atoms with Gasteiger partial charge in [0.05, 0.1) is 20.3 Å². The number of hydrogen-bond donors (Lipinski definition) is 1. The summed E-state index contributed by atoms with van der Waals surface area (Å²) < 4.78 is 35.4. The second-order valence-corrected chi connectivity index (χ2v) is 3.31. The van der Waals surface area contributed by atoms with Crippen molar-refractivity contribution in [1.82, 2.24) is 0 Å². The van der Waals surface area contributed by atoms with Crippen molar-refractivity contribution in [1.29, 1.82) is 0 Å². The van der Waals surface area contributed by atoms with Gasteiger partial charge in [0, 0.05) is 5.56 Å². The minimum Gasteiger partial charge on any atom is -0.493 e. The van der Waals surface area contributed by atoms with Gasteiger partial charge in [0.25, 0.3) is 6.43 Å². The Morgan fingerprint density at radius 3 is 1.81 bits per heavy atom. The van der Waals surface area contributed by atoms with Crippen molar-refractivity contribution < 1.29 is 23.4 Å². The smallest absolute Gasteiger partial charge is 0.264 e. The first-order valence-corrected chi connectivity index (χ1v) is 4.73. The van der Waals surface area contributed by atoms with Crippen molar-refractivity contribution >= 4 is 0 Å². The number of alkyl halides is 2. The maximum absolute atomic E-state index is 12.7. The van der Waals surface area contributed by atoms with Gasteiger partial charge in [0.2, 0.25) is 0 Å². The highest BCUT2D eigenvalue weighted by atomic mass is 19.3. The van der Waals surface area contributed by atoms with Gasteiger partial charge in [0.1, 0.15) is 0 Å². The van der Waals surface area contributed by atoms with Crippen molar-refractivity contribution in [3.05, 3.63) is 23.3 Å². The molecular weight excluding hydrogens is 218 g/mol. The molecule has 0 aliphatic rings. The van der Waals surface area contributed by atoms with Crippen molar-refractivity contribution in [2.24, 2.45) is 0 Å². The number of benzene rings is 1. The normalized spacial score (nSPS) is 12.7. The highest BCUT2D eigenvalue weighted by Crippen LogP contribution is 2.37. The lowest BCUT2D eigenvalue weighted by Crippen LogP contribution is -2.02. The summed E-state index contributed by atoms with van der Waals surface area (Å²) in [6.07, 6.45) is -3.65. The lowest BCUT2D eigenvalue weighted by atomic mass is 10.0. The Bertz CT molecular complexity index is 329. The van der Waals surface area contributed by atoms with Gasteiger partial charge in [0.15, 0.2) is 11.5 Å². The van der Waals surface area contributed by atoms with Crippen LogP contribution in [-0.2, 0) is 0 Å². The van der Waals surface area contributed by atoms with Crippen LogP contribution in [0.5, 0.6) is 11.5 Å². The van der Waals surface area contributed by atoms with Crippen LogP contribution < -0.4 is 9.47 Å². The fourth-order valence-electron chi connectivity index (χ4n) is 1.46. The summed E-state index contributed by atoms with van der Waals surface area (Å²) in [6.45, 7) is 1.42. The molecular formula is C11H14F2O3. The number of aliphatic hydroxyl groups is 1. The minimum absolute atomic E-state index is 0.146. The Morgan fingerprint density at radius 1 is 1.06 bits per heavy atom. The third-order valence-corrected chi connectivity index (χ3v) is 2.27. The standard InChI is InChI=1S/C11H14F2O3/c1-6(14)7-4-9(15-2)10(16-3)5-8(7)11(12)13/h4-6,11,14H,1-3H3. The Kier molecular flexibility index (Phi) is 4.06. The summed E-state index contributed by atoms with van der Waals surface area (Å²) in [5, 5.41) is 9.41. The largest absolute Gasteiger partial charge is 0.493 e.